The molecule has 0 spiro atoms. The Hall–Kier alpha value is -6.44. The zero-order valence-electron chi connectivity index (χ0n) is 41.4. The molecule has 0 unspecified atom stereocenters. The van der Waals surface area contributed by atoms with Gasteiger partial charge >= 0.3 is 144 Å². The number of benzene rings is 7. The first-order valence-electron chi connectivity index (χ1n) is 24.2. The minimum absolute atomic E-state index is 0. The van der Waals surface area contributed by atoms with Crippen molar-refractivity contribution in [2.75, 3.05) is 0 Å². The summed E-state index contributed by atoms with van der Waals surface area (Å²) in [5.41, 5.74) is 13.3. The van der Waals surface area contributed by atoms with Gasteiger partial charge in [0.2, 0.25) is 0 Å². The number of fused-ring (bicyclic) bond motifs is 6. The van der Waals surface area contributed by atoms with Gasteiger partial charge in [-0.05, 0) is 52.3 Å². The Morgan fingerprint density at radius 2 is 1.31 bits per heavy atom. The number of pyridine rings is 2. The van der Waals surface area contributed by atoms with Crippen molar-refractivity contribution < 1.29 is 27.3 Å². The Balaban J connectivity index is 0.000000200. The van der Waals surface area contributed by atoms with Crippen LogP contribution in [0.3, 0.4) is 0 Å². The fraction of sp³-hybridized carbons (Fsp3) is 0.164. The van der Waals surface area contributed by atoms with Crippen molar-refractivity contribution >= 4 is 61.5 Å². The molecule has 0 bridgehead atoms. The average molecular weight is 1130 g/mol. The van der Waals surface area contributed by atoms with E-state index in [0.29, 0.717) is 5.56 Å². The molecule has 0 aliphatic heterocycles. The van der Waals surface area contributed by atoms with Crippen molar-refractivity contribution in [3.63, 3.8) is 0 Å². The van der Waals surface area contributed by atoms with Gasteiger partial charge in [-0.1, -0.05) is 111 Å². The number of imidazole rings is 1. The number of hydrogen-bond acceptors (Lipinski definition) is 4. The number of rotatable bonds is 9. The maximum atomic E-state index is 8.85. The van der Waals surface area contributed by atoms with Crippen LogP contribution in [-0.2, 0) is 26.5 Å². The van der Waals surface area contributed by atoms with Gasteiger partial charge in [-0.2, -0.15) is 0 Å². The molecule has 0 atom stereocenters. The monoisotopic (exact) mass is 1130 g/mol. The maximum Gasteiger partial charge on any atom is 0 e. The van der Waals surface area contributed by atoms with Gasteiger partial charge < -0.3 is 8.98 Å². The average Bonchev–Trinajstić information content (AvgIpc) is 3.96. The molecule has 68 heavy (non-hydrogen) atoms. The molecular weight excluding hydrogens is 1070 g/mol. The van der Waals surface area contributed by atoms with Gasteiger partial charge in [-0.25, -0.2) is 4.98 Å². The molecule has 4 heterocycles. The first-order chi connectivity index (χ1) is 33.3. The number of aromatic nitrogens is 4. The molecule has 0 saturated carbocycles. The molecule has 0 aliphatic carbocycles. The van der Waals surface area contributed by atoms with Crippen LogP contribution in [0.1, 0.15) is 64.5 Å². The number of para-hydroxylation sites is 1. The van der Waals surface area contributed by atoms with Crippen molar-refractivity contribution in [1.82, 2.24) is 19.5 Å². The number of furan rings is 1. The zero-order chi connectivity index (χ0) is 48.0. The Morgan fingerprint density at radius 1 is 0.647 bits per heavy atom. The molecule has 0 N–H and O–H groups in total. The van der Waals surface area contributed by atoms with Gasteiger partial charge in [0.25, 0.3) is 0 Å². The Morgan fingerprint density at radius 3 is 2.00 bits per heavy atom. The first kappa shape index (κ1) is 44.1. The molecule has 0 saturated heterocycles. The molecule has 0 fully saturated rings. The third-order valence-electron chi connectivity index (χ3n) is 12.5. The standard InChI is InChI=1S/C40H32N3O.C21H22GeN.Ir/c1-24(2)33-21-28(26-13-6-5-7-14-26)22-34(25(3)4)37(33)43-39(42-36-29-16-9-8-15-27(29)23-41-40(36)43)32-19-12-18-31-30-17-10-11-20-35(30)44-38(31)32;1-22(2,3)20-16-23-21(18-12-8-5-9-13-18)15-19(20)14-17-10-6-4-7-11-17;/h5-18,20-25H,1-4H3;4-12,15-16H,14H2,1-3H3;/q2*-1;/i;14D2;. The van der Waals surface area contributed by atoms with Crippen LogP contribution >= 0.6 is 0 Å². The van der Waals surface area contributed by atoms with Crippen LogP contribution in [0.15, 0.2) is 181 Å². The molecule has 5 nitrogen and oxygen atoms in total. The van der Waals surface area contributed by atoms with Gasteiger partial charge in [0, 0.05) is 48.1 Å². The summed E-state index contributed by atoms with van der Waals surface area (Å²) in [7, 11) is 0. The second-order valence-corrected chi connectivity index (χ2v) is 29.4. The van der Waals surface area contributed by atoms with E-state index in [2.05, 4.69) is 146 Å². The predicted molar refractivity (Wildman–Crippen MR) is 282 cm³/mol. The van der Waals surface area contributed by atoms with E-state index in [1.807, 2.05) is 97.3 Å². The summed E-state index contributed by atoms with van der Waals surface area (Å²) < 4.78 is 27.6. The molecule has 7 heteroatoms. The summed E-state index contributed by atoms with van der Waals surface area (Å²) in [5, 5.41) is 4.28. The normalized spacial score (nSPS) is 12.3. The van der Waals surface area contributed by atoms with Crippen LogP contribution in [0, 0.1) is 12.1 Å². The van der Waals surface area contributed by atoms with E-state index in [0.717, 1.165) is 82.2 Å². The third kappa shape index (κ3) is 9.13. The van der Waals surface area contributed by atoms with Crippen LogP contribution in [0.25, 0.3) is 83.3 Å². The molecule has 0 aliphatic rings. The van der Waals surface area contributed by atoms with Crippen LogP contribution in [0.2, 0.25) is 17.3 Å². The van der Waals surface area contributed by atoms with Gasteiger partial charge in [0.05, 0.1) is 11.4 Å². The van der Waals surface area contributed by atoms with Gasteiger partial charge in [-0.15, -0.1) is 18.2 Å². The van der Waals surface area contributed by atoms with Crippen LogP contribution < -0.4 is 4.40 Å². The van der Waals surface area contributed by atoms with E-state index >= 15 is 0 Å². The molecular formula is C61H54GeIrN4O-2. The molecule has 339 valence electrons. The summed E-state index contributed by atoms with van der Waals surface area (Å²) in [5.74, 6) is 8.11. The zero-order valence-corrected chi connectivity index (χ0v) is 43.9. The van der Waals surface area contributed by atoms with Crippen LogP contribution in [0.5, 0.6) is 0 Å². The van der Waals surface area contributed by atoms with Gasteiger partial charge in [-0.3, -0.25) is 4.98 Å². The Labute approximate surface area is 418 Å². The van der Waals surface area contributed by atoms with E-state index in [9.17, 15) is 0 Å². The van der Waals surface area contributed by atoms with E-state index in [1.54, 1.807) is 0 Å². The summed E-state index contributed by atoms with van der Waals surface area (Å²) in [4.78, 5) is 15.1. The quantitative estimate of drug-likeness (QED) is 0.107. The molecule has 1 radical (unpaired) electrons. The molecule has 0 amide bonds. The minimum atomic E-state index is -2.30. The van der Waals surface area contributed by atoms with E-state index in [-0.39, 0.29) is 31.9 Å². The summed E-state index contributed by atoms with van der Waals surface area (Å²) in [6.07, 6.45) is 2.31. The van der Waals surface area contributed by atoms with Gasteiger partial charge in [0.1, 0.15) is 11.1 Å². The predicted octanol–water partition coefficient (Wildman–Crippen LogP) is 15.5. The van der Waals surface area contributed by atoms with E-state index < -0.39 is 19.6 Å². The molecule has 11 aromatic rings. The second kappa shape index (κ2) is 19.7. The second-order valence-electron chi connectivity index (χ2n) is 18.8. The smallest absolute Gasteiger partial charge is 0 e. The van der Waals surface area contributed by atoms with Gasteiger partial charge in [0.15, 0.2) is 5.65 Å². The SMILES string of the molecule is CC(C)c1cc(-c2ccccc2)cc(C(C)C)c1-n1c(-c2[c-]ccc3c2oc2ccccc23)nc2c3ccccc3cnc21.[2H]C([2H])(c1ccccc1)c1cc(-c2[c-]cccc2)nc[c]1[Ge]([CH3])([CH3])[CH3].[Ir]. The molecule has 7 aromatic carbocycles. The van der Waals surface area contributed by atoms with Crippen molar-refractivity contribution in [2.45, 2.75) is 63.2 Å². The third-order valence-corrected chi connectivity index (χ3v) is 16.7. The summed E-state index contributed by atoms with van der Waals surface area (Å²) in [6.45, 7) is 9.08. The largest absolute Gasteiger partial charge is 0 e. The number of nitrogens with zero attached hydrogens (tertiary/aromatic N) is 4. The van der Waals surface area contributed by atoms with Crippen molar-refractivity contribution in [3.05, 3.63) is 211 Å². The summed E-state index contributed by atoms with van der Waals surface area (Å²) >= 11 is -2.30. The Kier molecular flexibility index (Phi) is 12.7. The van der Waals surface area contributed by atoms with Crippen LogP contribution in [-0.4, -0.2) is 32.8 Å². The number of hydrogen-bond donors (Lipinski definition) is 0. The topological polar surface area (TPSA) is 56.7 Å². The van der Waals surface area contributed by atoms with E-state index in [4.69, 9.17) is 17.1 Å². The molecule has 11 rings (SSSR count). The molecule has 4 aromatic heterocycles. The van der Waals surface area contributed by atoms with Crippen molar-refractivity contribution in [1.29, 1.82) is 0 Å². The summed E-state index contributed by atoms with van der Waals surface area (Å²) in [6, 6.07) is 61.7. The Bertz CT molecular complexity index is 3610. The maximum absolute atomic E-state index is 8.85. The fourth-order valence-corrected chi connectivity index (χ4v) is 12.0. The van der Waals surface area contributed by atoms with Crippen LogP contribution in [0.4, 0.5) is 0 Å². The van der Waals surface area contributed by atoms with E-state index in [1.165, 1.54) is 22.3 Å². The van der Waals surface area contributed by atoms with Crippen molar-refractivity contribution in [2.24, 2.45) is 0 Å². The van der Waals surface area contributed by atoms with Crippen molar-refractivity contribution in [3.8, 4) is 39.5 Å². The minimum Gasteiger partial charge on any atom is 0 e. The fourth-order valence-electron chi connectivity index (χ4n) is 9.05. The first-order valence-corrected chi connectivity index (χ1v) is 30.5.